The minimum atomic E-state index is 0.468. The van der Waals surface area contributed by atoms with Gasteiger partial charge in [0.05, 0.1) is 17.3 Å². The molecular weight excluding hydrogens is 192 g/mol. The Morgan fingerprint density at radius 1 is 1.29 bits per heavy atom. The zero-order valence-electron chi connectivity index (χ0n) is 7.47. The minimum Gasteiger partial charge on any atom is -0.255 e. The van der Waals surface area contributed by atoms with Crippen LogP contribution in [0, 0.1) is 11.3 Å². The van der Waals surface area contributed by atoms with E-state index < -0.39 is 0 Å². The molecule has 0 atom stereocenters. The molecule has 14 heavy (non-hydrogen) atoms. The Bertz CT molecular complexity index is 483. The molecule has 2 nitrogen and oxygen atoms in total. The lowest BCUT2D eigenvalue weighted by atomic mass is 10.2. The predicted octanol–water partition coefficient (Wildman–Crippen LogP) is 2.85. The molecule has 0 bridgehead atoms. The smallest absolute Gasteiger partial charge is 0.0856 e. The van der Waals surface area contributed by atoms with Crippen LogP contribution in [-0.4, -0.2) is 10.7 Å². The van der Waals surface area contributed by atoms with Crippen molar-refractivity contribution < 1.29 is 0 Å². The average molecular weight is 200 g/mol. The number of fused-ring (bicyclic) bond motifs is 1. The quantitative estimate of drug-likeness (QED) is 0.699. The molecule has 0 unspecified atom stereocenters. The Morgan fingerprint density at radius 2 is 2.14 bits per heavy atom. The van der Waals surface area contributed by atoms with Gasteiger partial charge in [-0.25, -0.2) is 0 Å². The number of benzene rings is 1. The highest BCUT2D eigenvalue weighted by Crippen LogP contribution is 2.25. The molecule has 2 rings (SSSR count). The highest BCUT2D eigenvalue weighted by Gasteiger charge is 2.00. The highest BCUT2D eigenvalue weighted by atomic mass is 32.2. The summed E-state index contributed by atoms with van der Waals surface area (Å²) in [6, 6.07) is 12.1. The van der Waals surface area contributed by atoms with Gasteiger partial charge in [-0.3, -0.25) is 4.98 Å². The summed E-state index contributed by atoms with van der Waals surface area (Å²) in [6.07, 6.45) is 1.78. The number of para-hydroxylation sites is 1. The van der Waals surface area contributed by atoms with E-state index in [0.717, 1.165) is 15.8 Å². The second-order valence-electron chi connectivity index (χ2n) is 2.78. The average Bonchev–Trinajstić information content (AvgIpc) is 2.26. The first-order chi connectivity index (χ1) is 6.92. The molecule has 2 aromatic rings. The number of hydrogen-bond acceptors (Lipinski definition) is 3. The third-order valence-electron chi connectivity index (χ3n) is 1.89. The highest BCUT2D eigenvalue weighted by molar-refractivity contribution is 7.99. The molecular formula is C11H8N2S. The fourth-order valence-corrected chi connectivity index (χ4v) is 2.00. The monoisotopic (exact) mass is 200 g/mol. The van der Waals surface area contributed by atoms with Crippen molar-refractivity contribution in [3.63, 3.8) is 0 Å². The Balaban J connectivity index is 2.49. The van der Waals surface area contributed by atoms with Crippen molar-refractivity contribution in [2.24, 2.45) is 0 Å². The summed E-state index contributed by atoms with van der Waals surface area (Å²) in [7, 11) is 0. The maximum absolute atomic E-state index is 8.51. The van der Waals surface area contributed by atoms with Crippen molar-refractivity contribution in [2.75, 3.05) is 5.75 Å². The van der Waals surface area contributed by atoms with E-state index >= 15 is 0 Å². The number of pyridine rings is 1. The Kier molecular flexibility index (Phi) is 2.66. The summed E-state index contributed by atoms with van der Waals surface area (Å²) in [6.45, 7) is 0. The van der Waals surface area contributed by atoms with Gasteiger partial charge < -0.3 is 0 Å². The van der Waals surface area contributed by atoms with Crippen LogP contribution in [0.15, 0.2) is 41.4 Å². The normalized spacial score (nSPS) is 9.93. The maximum atomic E-state index is 8.51. The first kappa shape index (κ1) is 9.04. The van der Waals surface area contributed by atoms with Crippen LogP contribution in [0.4, 0.5) is 0 Å². The van der Waals surface area contributed by atoms with E-state index in [0.29, 0.717) is 5.75 Å². The first-order valence-electron chi connectivity index (χ1n) is 4.25. The van der Waals surface area contributed by atoms with Crippen molar-refractivity contribution in [3.05, 3.63) is 36.5 Å². The van der Waals surface area contributed by atoms with Crippen LogP contribution >= 0.6 is 11.8 Å². The molecule has 1 aromatic heterocycles. The Labute approximate surface area is 86.6 Å². The summed E-state index contributed by atoms with van der Waals surface area (Å²) in [4.78, 5) is 5.38. The van der Waals surface area contributed by atoms with Crippen LogP contribution in [-0.2, 0) is 0 Å². The van der Waals surface area contributed by atoms with Crippen LogP contribution in [0.3, 0.4) is 0 Å². The third kappa shape index (κ3) is 1.70. The molecule has 0 fully saturated rings. The minimum absolute atomic E-state index is 0.468. The van der Waals surface area contributed by atoms with Gasteiger partial charge in [0.2, 0.25) is 0 Å². The summed E-state index contributed by atoms with van der Waals surface area (Å²) in [5.74, 6) is 0.468. The van der Waals surface area contributed by atoms with Crippen LogP contribution < -0.4 is 0 Å². The largest absolute Gasteiger partial charge is 0.255 e. The lowest BCUT2D eigenvalue weighted by Gasteiger charge is -2.01. The van der Waals surface area contributed by atoms with Gasteiger partial charge in [-0.15, -0.1) is 11.8 Å². The molecule has 0 aliphatic heterocycles. The summed E-state index contributed by atoms with van der Waals surface area (Å²) >= 11 is 1.53. The first-order valence-corrected chi connectivity index (χ1v) is 5.24. The van der Waals surface area contributed by atoms with E-state index in [-0.39, 0.29) is 0 Å². The van der Waals surface area contributed by atoms with E-state index in [1.807, 2.05) is 30.3 Å². The van der Waals surface area contributed by atoms with Gasteiger partial charge in [0, 0.05) is 16.5 Å². The number of rotatable bonds is 2. The van der Waals surface area contributed by atoms with Crippen LogP contribution in [0.1, 0.15) is 0 Å². The van der Waals surface area contributed by atoms with E-state index in [4.69, 9.17) is 5.26 Å². The number of nitriles is 1. The van der Waals surface area contributed by atoms with Gasteiger partial charge in [-0.1, -0.05) is 18.2 Å². The van der Waals surface area contributed by atoms with Crippen molar-refractivity contribution in [2.45, 2.75) is 4.90 Å². The van der Waals surface area contributed by atoms with Gasteiger partial charge in [0.25, 0.3) is 0 Å². The fraction of sp³-hybridized carbons (Fsp3) is 0.0909. The molecule has 68 valence electrons. The second-order valence-corrected chi connectivity index (χ2v) is 3.80. The standard InChI is InChI=1S/C11H8N2S/c12-6-8-14-10-5-1-3-9-4-2-7-13-11(9)10/h1-5,7H,8H2. The van der Waals surface area contributed by atoms with Gasteiger partial charge in [0.15, 0.2) is 0 Å². The van der Waals surface area contributed by atoms with E-state index in [2.05, 4.69) is 11.1 Å². The molecule has 0 N–H and O–H groups in total. The van der Waals surface area contributed by atoms with Crippen LogP contribution in [0.5, 0.6) is 0 Å². The van der Waals surface area contributed by atoms with Gasteiger partial charge in [-0.05, 0) is 12.1 Å². The lowest BCUT2D eigenvalue weighted by molar-refractivity contribution is 1.35. The third-order valence-corrected chi connectivity index (χ3v) is 2.80. The van der Waals surface area contributed by atoms with Crippen molar-refractivity contribution in [3.8, 4) is 6.07 Å². The number of aromatic nitrogens is 1. The molecule has 0 aliphatic carbocycles. The molecule has 3 heteroatoms. The second kappa shape index (κ2) is 4.12. The van der Waals surface area contributed by atoms with Crippen molar-refractivity contribution >= 4 is 22.7 Å². The molecule has 1 aromatic carbocycles. The van der Waals surface area contributed by atoms with E-state index in [1.165, 1.54) is 11.8 Å². The summed E-state index contributed by atoms with van der Waals surface area (Å²) in [5, 5.41) is 9.63. The summed E-state index contributed by atoms with van der Waals surface area (Å²) in [5.41, 5.74) is 0.982. The number of hydrogen-bond donors (Lipinski definition) is 0. The van der Waals surface area contributed by atoms with Gasteiger partial charge >= 0.3 is 0 Å². The molecule has 0 radical (unpaired) electrons. The zero-order valence-corrected chi connectivity index (χ0v) is 8.29. The van der Waals surface area contributed by atoms with Crippen LogP contribution in [0.2, 0.25) is 0 Å². The number of thioether (sulfide) groups is 1. The maximum Gasteiger partial charge on any atom is 0.0856 e. The lowest BCUT2D eigenvalue weighted by Crippen LogP contribution is -1.82. The summed E-state index contributed by atoms with van der Waals surface area (Å²) < 4.78 is 0. The van der Waals surface area contributed by atoms with Gasteiger partial charge in [-0.2, -0.15) is 5.26 Å². The SMILES string of the molecule is N#CCSc1cccc2cccnc12. The van der Waals surface area contributed by atoms with Gasteiger partial charge in [0.1, 0.15) is 0 Å². The molecule has 1 heterocycles. The zero-order chi connectivity index (χ0) is 9.80. The van der Waals surface area contributed by atoms with Crippen molar-refractivity contribution in [1.29, 1.82) is 5.26 Å². The van der Waals surface area contributed by atoms with E-state index in [1.54, 1.807) is 6.20 Å². The molecule has 0 spiro atoms. The van der Waals surface area contributed by atoms with Crippen molar-refractivity contribution in [1.82, 2.24) is 4.98 Å². The van der Waals surface area contributed by atoms with E-state index in [9.17, 15) is 0 Å². The predicted molar refractivity (Wildman–Crippen MR) is 58.1 cm³/mol. The fourth-order valence-electron chi connectivity index (χ4n) is 1.30. The molecule has 0 saturated heterocycles. The molecule has 0 amide bonds. The molecule has 0 saturated carbocycles. The molecule has 0 aliphatic rings. The number of nitrogens with zero attached hydrogens (tertiary/aromatic N) is 2. The topological polar surface area (TPSA) is 36.7 Å². The van der Waals surface area contributed by atoms with Crippen LogP contribution in [0.25, 0.3) is 10.9 Å². The Hall–Kier alpha value is -1.53. The Morgan fingerprint density at radius 3 is 3.00 bits per heavy atom.